The minimum atomic E-state index is -0.601. The quantitative estimate of drug-likeness (QED) is 0.798. The molecule has 0 aliphatic rings. The fourth-order valence-corrected chi connectivity index (χ4v) is 2.36. The molecule has 1 aromatic heterocycles. The van der Waals surface area contributed by atoms with E-state index in [-0.39, 0.29) is 11.8 Å². The summed E-state index contributed by atoms with van der Waals surface area (Å²) in [6.45, 7) is 5.61. The number of nitrogens with two attached hydrogens (primary N) is 1. The topological polar surface area (TPSA) is 94.3 Å². The number of carbonyl (C=O) groups excluding carboxylic acids is 2. The average molecular weight is 285 g/mol. The van der Waals surface area contributed by atoms with Crippen molar-refractivity contribution in [3.8, 4) is 0 Å². The molecular formula is C12H19N3O3S. The molecule has 3 N–H and O–H groups in total. The van der Waals surface area contributed by atoms with Crippen LogP contribution in [0.1, 0.15) is 36.1 Å². The van der Waals surface area contributed by atoms with Crippen molar-refractivity contribution in [3.63, 3.8) is 0 Å². The van der Waals surface area contributed by atoms with Crippen LogP contribution in [0.15, 0.2) is 0 Å². The number of aromatic nitrogens is 1. The zero-order chi connectivity index (χ0) is 14.6. The first-order valence-electron chi connectivity index (χ1n) is 6.05. The normalized spacial score (nSPS) is 12.3. The minimum Gasteiger partial charge on any atom is -0.465 e. The highest BCUT2D eigenvalue weighted by Gasteiger charge is 2.21. The van der Waals surface area contributed by atoms with Crippen LogP contribution in [0.4, 0.5) is 5.13 Å². The van der Waals surface area contributed by atoms with Gasteiger partial charge in [0.2, 0.25) is 5.91 Å². The standard InChI is InChI=1S/C12H19N3O3S/c1-5-7-9(11(17)18-4)19-12(14-7)15-10(16)8(13)6(2)3/h6,8H,5,13H2,1-4H3,(H,14,15,16)/t8-/m0/s1. The average Bonchev–Trinajstić information content (AvgIpc) is 2.79. The summed E-state index contributed by atoms with van der Waals surface area (Å²) in [6, 6.07) is -0.601. The minimum absolute atomic E-state index is 0.0330. The second-order valence-electron chi connectivity index (χ2n) is 4.40. The van der Waals surface area contributed by atoms with Crippen LogP contribution in [0.5, 0.6) is 0 Å². The van der Waals surface area contributed by atoms with Gasteiger partial charge in [0, 0.05) is 0 Å². The number of ether oxygens (including phenoxy) is 1. The Morgan fingerprint density at radius 3 is 2.58 bits per heavy atom. The molecule has 19 heavy (non-hydrogen) atoms. The number of methoxy groups -OCH3 is 1. The molecule has 0 unspecified atom stereocenters. The zero-order valence-corrected chi connectivity index (χ0v) is 12.3. The number of hydrogen-bond acceptors (Lipinski definition) is 6. The van der Waals surface area contributed by atoms with Crippen molar-refractivity contribution in [3.05, 3.63) is 10.6 Å². The summed E-state index contributed by atoms with van der Waals surface area (Å²) < 4.78 is 4.68. The number of rotatable bonds is 5. The highest BCUT2D eigenvalue weighted by atomic mass is 32.1. The van der Waals surface area contributed by atoms with Gasteiger partial charge in [0.1, 0.15) is 4.88 Å². The molecule has 0 spiro atoms. The molecule has 0 bridgehead atoms. The third-order valence-corrected chi connectivity index (χ3v) is 3.65. The molecule has 106 valence electrons. The molecule has 1 aromatic rings. The van der Waals surface area contributed by atoms with Crippen molar-refractivity contribution >= 4 is 28.3 Å². The fourth-order valence-electron chi connectivity index (χ4n) is 1.39. The van der Waals surface area contributed by atoms with E-state index in [1.165, 1.54) is 7.11 Å². The highest BCUT2D eigenvalue weighted by Crippen LogP contribution is 2.24. The summed E-state index contributed by atoms with van der Waals surface area (Å²) in [4.78, 5) is 28.0. The maximum absolute atomic E-state index is 11.8. The van der Waals surface area contributed by atoms with E-state index in [9.17, 15) is 9.59 Å². The molecule has 1 rings (SSSR count). The number of aryl methyl sites for hydroxylation is 1. The van der Waals surface area contributed by atoms with Crippen molar-refractivity contribution in [2.24, 2.45) is 11.7 Å². The van der Waals surface area contributed by atoms with E-state index < -0.39 is 12.0 Å². The Balaban J connectivity index is 2.88. The number of thiazole rings is 1. The Labute approximate surface area is 116 Å². The van der Waals surface area contributed by atoms with E-state index in [1.54, 1.807) is 0 Å². The lowest BCUT2D eigenvalue weighted by Gasteiger charge is -2.13. The Morgan fingerprint density at radius 2 is 2.11 bits per heavy atom. The van der Waals surface area contributed by atoms with Crippen molar-refractivity contribution < 1.29 is 14.3 Å². The van der Waals surface area contributed by atoms with Crippen molar-refractivity contribution in [2.75, 3.05) is 12.4 Å². The lowest BCUT2D eigenvalue weighted by atomic mass is 10.1. The first-order valence-corrected chi connectivity index (χ1v) is 6.86. The first-order chi connectivity index (χ1) is 8.90. The highest BCUT2D eigenvalue weighted by molar-refractivity contribution is 7.17. The number of hydrogen-bond donors (Lipinski definition) is 2. The number of amides is 1. The Kier molecular flexibility index (Phi) is 5.44. The first kappa shape index (κ1) is 15.6. The smallest absolute Gasteiger partial charge is 0.350 e. The van der Waals surface area contributed by atoms with Gasteiger partial charge >= 0.3 is 5.97 Å². The van der Waals surface area contributed by atoms with Gasteiger partial charge in [0.25, 0.3) is 0 Å². The zero-order valence-electron chi connectivity index (χ0n) is 11.5. The second kappa shape index (κ2) is 6.63. The van der Waals surface area contributed by atoms with E-state index in [0.29, 0.717) is 22.1 Å². The van der Waals surface area contributed by atoms with E-state index in [1.807, 2.05) is 20.8 Å². The molecule has 0 aliphatic heterocycles. The van der Waals surface area contributed by atoms with E-state index in [4.69, 9.17) is 5.73 Å². The molecule has 1 amide bonds. The Hall–Kier alpha value is -1.47. The number of nitrogens with one attached hydrogen (secondary N) is 1. The largest absolute Gasteiger partial charge is 0.465 e. The predicted molar refractivity (Wildman–Crippen MR) is 74.3 cm³/mol. The molecule has 6 nitrogen and oxygen atoms in total. The van der Waals surface area contributed by atoms with Crippen LogP contribution in [0.25, 0.3) is 0 Å². The Bertz CT molecular complexity index is 471. The maximum atomic E-state index is 11.8. The molecule has 0 aliphatic carbocycles. The van der Waals surface area contributed by atoms with Crippen LogP contribution < -0.4 is 11.1 Å². The second-order valence-corrected chi connectivity index (χ2v) is 5.40. The van der Waals surface area contributed by atoms with Gasteiger partial charge in [-0.15, -0.1) is 0 Å². The molecular weight excluding hydrogens is 266 g/mol. The van der Waals surface area contributed by atoms with Gasteiger partial charge in [-0.3, -0.25) is 4.79 Å². The Morgan fingerprint density at radius 1 is 1.47 bits per heavy atom. The summed E-state index contributed by atoms with van der Waals surface area (Å²) in [6.07, 6.45) is 0.590. The molecule has 7 heteroatoms. The van der Waals surface area contributed by atoms with Crippen LogP contribution in [0.2, 0.25) is 0 Å². The van der Waals surface area contributed by atoms with E-state index in [2.05, 4.69) is 15.0 Å². The van der Waals surface area contributed by atoms with Crippen molar-refractivity contribution in [2.45, 2.75) is 33.2 Å². The third-order valence-electron chi connectivity index (χ3n) is 2.65. The summed E-state index contributed by atoms with van der Waals surface area (Å²) in [5.41, 5.74) is 6.36. The van der Waals surface area contributed by atoms with Gasteiger partial charge in [-0.1, -0.05) is 32.1 Å². The monoisotopic (exact) mass is 285 g/mol. The van der Waals surface area contributed by atoms with Gasteiger partial charge in [0.15, 0.2) is 5.13 Å². The SMILES string of the molecule is CCc1nc(NC(=O)[C@@H](N)C(C)C)sc1C(=O)OC. The van der Waals surface area contributed by atoms with Crippen LogP contribution >= 0.6 is 11.3 Å². The number of nitrogens with zero attached hydrogens (tertiary/aromatic N) is 1. The van der Waals surface area contributed by atoms with Gasteiger partial charge in [0.05, 0.1) is 18.8 Å². The number of anilines is 1. The lowest BCUT2D eigenvalue weighted by molar-refractivity contribution is -0.118. The van der Waals surface area contributed by atoms with Crippen molar-refractivity contribution in [1.82, 2.24) is 4.98 Å². The summed E-state index contributed by atoms with van der Waals surface area (Å²) in [5, 5.41) is 3.01. The lowest BCUT2D eigenvalue weighted by Crippen LogP contribution is -2.39. The summed E-state index contributed by atoms with van der Waals surface area (Å²) in [7, 11) is 1.31. The third kappa shape index (κ3) is 3.74. The molecule has 0 radical (unpaired) electrons. The van der Waals surface area contributed by atoms with Gasteiger partial charge < -0.3 is 15.8 Å². The molecule has 1 atom stereocenters. The molecule has 0 aromatic carbocycles. The van der Waals surface area contributed by atoms with Gasteiger partial charge in [-0.05, 0) is 12.3 Å². The predicted octanol–water partition coefficient (Wildman–Crippen LogP) is 1.41. The fraction of sp³-hybridized carbons (Fsp3) is 0.583. The molecule has 0 saturated heterocycles. The number of carbonyl (C=O) groups is 2. The summed E-state index contributed by atoms with van der Waals surface area (Å²) >= 11 is 1.10. The van der Waals surface area contributed by atoms with Crippen LogP contribution in [-0.2, 0) is 16.0 Å². The van der Waals surface area contributed by atoms with Gasteiger partial charge in [-0.2, -0.15) is 0 Å². The maximum Gasteiger partial charge on any atom is 0.350 e. The van der Waals surface area contributed by atoms with E-state index >= 15 is 0 Å². The molecule has 0 fully saturated rings. The van der Waals surface area contributed by atoms with Crippen molar-refractivity contribution in [1.29, 1.82) is 0 Å². The molecule has 0 saturated carbocycles. The molecule has 1 heterocycles. The number of esters is 1. The summed E-state index contributed by atoms with van der Waals surface area (Å²) in [5.74, 6) is -0.712. The van der Waals surface area contributed by atoms with E-state index in [0.717, 1.165) is 11.3 Å². The van der Waals surface area contributed by atoms with Crippen LogP contribution in [-0.4, -0.2) is 30.0 Å². The van der Waals surface area contributed by atoms with Crippen LogP contribution in [0, 0.1) is 5.92 Å². The van der Waals surface area contributed by atoms with Crippen LogP contribution in [0.3, 0.4) is 0 Å². The van der Waals surface area contributed by atoms with Gasteiger partial charge in [-0.25, -0.2) is 9.78 Å².